The van der Waals surface area contributed by atoms with Crippen LogP contribution in [0.25, 0.3) is 0 Å². The van der Waals surface area contributed by atoms with E-state index in [4.69, 9.17) is 5.26 Å². The molecule has 2 unspecified atom stereocenters. The molecule has 0 aromatic carbocycles. The second kappa shape index (κ2) is 10.7. The minimum atomic E-state index is 0.243. The van der Waals surface area contributed by atoms with E-state index in [0.717, 1.165) is 12.3 Å². The molecule has 0 rings (SSSR count). The zero-order valence-electron chi connectivity index (χ0n) is 10.1. The van der Waals surface area contributed by atoms with Crippen molar-refractivity contribution in [3.8, 4) is 6.07 Å². The predicted octanol–water partition coefficient (Wildman–Crippen LogP) is 4.95. The lowest BCUT2D eigenvalue weighted by Crippen LogP contribution is -2.04. The molecule has 1 nitrogen and oxygen atoms in total. The van der Waals surface area contributed by atoms with Gasteiger partial charge in [-0.3, -0.25) is 0 Å². The van der Waals surface area contributed by atoms with Crippen LogP contribution in [0.5, 0.6) is 0 Å². The number of hydrogen-bond acceptors (Lipinski definition) is 1. The average molecular weight is 321 g/mol. The standard InChI is InChI=1S/C13H24IN/c1-3-4-5-6-13(9-10-14)8-7-12(2)11-15/h12-13H,3-10H2,1-2H3. The normalized spacial score (nSPS) is 14.5. The van der Waals surface area contributed by atoms with Crippen LogP contribution in [0.4, 0.5) is 0 Å². The Kier molecular flexibility index (Phi) is 10.9. The van der Waals surface area contributed by atoms with Gasteiger partial charge in [-0.05, 0) is 36.5 Å². The minimum Gasteiger partial charge on any atom is -0.198 e. The summed E-state index contributed by atoms with van der Waals surface area (Å²) in [6.07, 6.45) is 9.10. The highest BCUT2D eigenvalue weighted by atomic mass is 127. The third-order valence-electron chi connectivity index (χ3n) is 2.96. The summed E-state index contributed by atoms with van der Waals surface area (Å²) in [4.78, 5) is 0. The van der Waals surface area contributed by atoms with Gasteiger partial charge in [0.1, 0.15) is 0 Å². The molecule has 0 N–H and O–H groups in total. The van der Waals surface area contributed by atoms with E-state index >= 15 is 0 Å². The third kappa shape index (κ3) is 9.17. The first-order valence-electron chi connectivity index (χ1n) is 6.20. The van der Waals surface area contributed by atoms with Gasteiger partial charge < -0.3 is 0 Å². The van der Waals surface area contributed by atoms with Crippen LogP contribution in [-0.4, -0.2) is 4.43 Å². The lowest BCUT2D eigenvalue weighted by Gasteiger charge is -2.15. The Morgan fingerprint density at radius 2 is 1.87 bits per heavy atom. The van der Waals surface area contributed by atoms with Crippen molar-refractivity contribution in [1.29, 1.82) is 5.26 Å². The Bertz CT molecular complexity index is 174. The molecule has 15 heavy (non-hydrogen) atoms. The highest BCUT2D eigenvalue weighted by molar-refractivity contribution is 14.1. The van der Waals surface area contributed by atoms with Gasteiger partial charge in [0.05, 0.1) is 6.07 Å². The molecule has 88 valence electrons. The summed E-state index contributed by atoms with van der Waals surface area (Å²) in [5, 5.41) is 8.74. The SMILES string of the molecule is CCCCCC(CCI)CCC(C)C#N. The van der Waals surface area contributed by atoms with Crippen LogP contribution in [0.2, 0.25) is 0 Å². The topological polar surface area (TPSA) is 23.8 Å². The second-order valence-electron chi connectivity index (χ2n) is 4.45. The first-order chi connectivity index (χ1) is 7.24. The van der Waals surface area contributed by atoms with Gasteiger partial charge in [0.25, 0.3) is 0 Å². The van der Waals surface area contributed by atoms with E-state index in [1.54, 1.807) is 0 Å². The summed E-state index contributed by atoms with van der Waals surface area (Å²) >= 11 is 2.47. The second-order valence-corrected chi connectivity index (χ2v) is 5.53. The van der Waals surface area contributed by atoms with E-state index in [-0.39, 0.29) is 5.92 Å². The maximum Gasteiger partial charge on any atom is 0.0652 e. The van der Waals surface area contributed by atoms with Crippen molar-refractivity contribution in [2.75, 3.05) is 4.43 Å². The fourth-order valence-electron chi connectivity index (χ4n) is 1.82. The van der Waals surface area contributed by atoms with Gasteiger partial charge in [-0.2, -0.15) is 5.26 Å². The number of unbranched alkanes of at least 4 members (excludes halogenated alkanes) is 2. The first-order valence-corrected chi connectivity index (χ1v) is 7.72. The van der Waals surface area contributed by atoms with Gasteiger partial charge in [0.2, 0.25) is 0 Å². The summed E-state index contributed by atoms with van der Waals surface area (Å²) in [5.41, 5.74) is 0. The van der Waals surface area contributed by atoms with E-state index < -0.39 is 0 Å². The zero-order valence-corrected chi connectivity index (χ0v) is 12.3. The van der Waals surface area contributed by atoms with E-state index in [9.17, 15) is 0 Å². The molecule has 2 heteroatoms. The van der Waals surface area contributed by atoms with Crippen LogP contribution in [0.1, 0.15) is 58.8 Å². The molecule has 0 heterocycles. The van der Waals surface area contributed by atoms with Crippen molar-refractivity contribution in [2.45, 2.75) is 58.8 Å². The predicted molar refractivity (Wildman–Crippen MR) is 75.1 cm³/mol. The Hall–Kier alpha value is 0.220. The molecule has 0 aliphatic heterocycles. The van der Waals surface area contributed by atoms with Crippen LogP contribution >= 0.6 is 22.6 Å². The highest BCUT2D eigenvalue weighted by Gasteiger charge is 2.09. The summed E-state index contributed by atoms with van der Waals surface area (Å²) in [5.74, 6) is 1.11. The Balaban J connectivity index is 3.68. The van der Waals surface area contributed by atoms with Crippen LogP contribution in [0, 0.1) is 23.2 Å². The van der Waals surface area contributed by atoms with Gasteiger partial charge in [0.15, 0.2) is 0 Å². The van der Waals surface area contributed by atoms with Crippen LogP contribution in [-0.2, 0) is 0 Å². The number of nitrogens with zero attached hydrogens (tertiary/aromatic N) is 1. The summed E-state index contributed by atoms with van der Waals surface area (Å²) in [6, 6.07) is 2.33. The number of nitriles is 1. The summed E-state index contributed by atoms with van der Waals surface area (Å²) < 4.78 is 1.26. The maximum absolute atomic E-state index is 8.74. The molecule has 0 aromatic heterocycles. The Morgan fingerprint density at radius 3 is 2.40 bits per heavy atom. The van der Waals surface area contributed by atoms with Crippen molar-refractivity contribution in [2.24, 2.45) is 11.8 Å². The monoisotopic (exact) mass is 321 g/mol. The molecule has 0 fully saturated rings. The van der Waals surface area contributed by atoms with E-state index in [2.05, 4.69) is 35.6 Å². The van der Waals surface area contributed by atoms with Gasteiger partial charge >= 0.3 is 0 Å². The molecule has 0 saturated carbocycles. The van der Waals surface area contributed by atoms with E-state index in [0.29, 0.717) is 0 Å². The van der Waals surface area contributed by atoms with Crippen LogP contribution < -0.4 is 0 Å². The third-order valence-corrected chi connectivity index (χ3v) is 3.58. The quantitative estimate of drug-likeness (QED) is 0.335. The Labute approximate surface area is 109 Å². The first kappa shape index (κ1) is 15.2. The smallest absolute Gasteiger partial charge is 0.0652 e. The van der Waals surface area contributed by atoms with Gasteiger partial charge in [-0.25, -0.2) is 0 Å². The molecule has 0 radical (unpaired) electrons. The number of hydrogen-bond donors (Lipinski definition) is 0. The fourth-order valence-corrected chi connectivity index (χ4v) is 2.70. The largest absolute Gasteiger partial charge is 0.198 e. The molecular formula is C13H24IN. The molecule has 0 aliphatic carbocycles. The van der Waals surface area contributed by atoms with Crippen LogP contribution in [0.3, 0.4) is 0 Å². The molecule has 2 atom stereocenters. The molecule has 0 aliphatic rings. The van der Waals surface area contributed by atoms with Crippen molar-refractivity contribution < 1.29 is 0 Å². The fraction of sp³-hybridized carbons (Fsp3) is 0.923. The molecule has 0 bridgehead atoms. The molecule has 0 saturated heterocycles. The van der Waals surface area contributed by atoms with E-state index in [1.165, 1.54) is 43.0 Å². The van der Waals surface area contributed by atoms with Crippen molar-refractivity contribution in [1.82, 2.24) is 0 Å². The Morgan fingerprint density at radius 1 is 1.13 bits per heavy atom. The minimum absolute atomic E-state index is 0.243. The van der Waals surface area contributed by atoms with Crippen molar-refractivity contribution in [3.05, 3.63) is 0 Å². The summed E-state index contributed by atoms with van der Waals surface area (Å²) in [7, 11) is 0. The van der Waals surface area contributed by atoms with Crippen LogP contribution in [0.15, 0.2) is 0 Å². The number of halogens is 1. The lowest BCUT2D eigenvalue weighted by atomic mass is 9.91. The van der Waals surface area contributed by atoms with Gasteiger partial charge in [-0.1, -0.05) is 55.2 Å². The molecule has 0 amide bonds. The summed E-state index contributed by atoms with van der Waals surface area (Å²) in [6.45, 7) is 4.29. The van der Waals surface area contributed by atoms with E-state index in [1.807, 2.05) is 6.92 Å². The lowest BCUT2D eigenvalue weighted by molar-refractivity contribution is 0.393. The van der Waals surface area contributed by atoms with Gasteiger partial charge in [0, 0.05) is 5.92 Å². The highest BCUT2D eigenvalue weighted by Crippen LogP contribution is 2.22. The molecular weight excluding hydrogens is 297 g/mol. The zero-order chi connectivity index (χ0) is 11.5. The average Bonchev–Trinajstić information content (AvgIpc) is 2.25. The maximum atomic E-state index is 8.74. The van der Waals surface area contributed by atoms with Crippen molar-refractivity contribution >= 4 is 22.6 Å². The molecule has 0 spiro atoms. The molecule has 0 aromatic rings. The number of rotatable bonds is 9. The number of alkyl halides is 1. The van der Waals surface area contributed by atoms with Crippen molar-refractivity contribution in [3.63, 3.8) is 0 Å². The van der Waals surface area contributed by atoms with Gasteiger partial charge in [-0.15, -0.1) is 0 Å².